The average Bonchev–Trinajstić information content (AvgIpc) is 2.97. The molecule has 1 fully saturated rings. The Labute approximate surface area is 244 Å². The molecule has 13 heteroatoms. The molecule has 2 aromatic carbocycles. The molecule has 0 aliphatic carbocycles. The fraction of sp³-hybridized carbons (Fsp3) is 0.400. The van der Waals surface area contributed by atoms with E-state index in [1.54, 1.807) is 36.7 Å². The second kappa shape index (κ2) is 13.4. The Hall–Kier alpha value is -3.52. The van der Waals surface area contributed by atoms with Crippen molar-refractivity contribution >= 4 is 5.97 Å². The number of ether oxygens (including phenoxy) is 1. The molecule has 43 heavy (non-hydrogen) atoms. The van der Waals surface area contributed by atoms with Gasteiger partial charge in [0, 0.05) is 56.7 Å². The lowest BCUT2D eigenvalue weighted by molar-refractivity contribution is -0.376. The summed E-state index contributed by atoms with van der Waals surface area (Å²) >= 11 is 0. The molecule has 0 radical (unpaired) electrons. The Balaban J connectivity index is 1.46. The van der Waals surface area contributed by atoms with Crippen molar-refractivity contribution in [3.05, 3.63) is 89.7 Å². The molecule has 0 spiro atoms. The summed E-state index contributed by atoms with van der Waals surface area (Å²) in [6.07, 6.45) is -8.34. The summed E-state index contributed by atoms with van der Waals surface area (Å²) in [6, 6.07) is 14.1. The number of halogens is 6. The van der Waals surface area contributed by atoms with E-state index < -0.39 is 29.5 Å². The molecule has 0 bridgehead atoms. The van der Waals surface area contributed by atoms with E-state index in [0.717, 1.165) is 29.8 Å². The van der Waals surface area contributed by atoms with Crippen LogP contribution in [0.3, 0.4) is 0 Å². The van der Waals surface area contributed by atoms with E-state index in [1.807, 2.05) is 12.1 Å². The van der Waals surface area contributed by atoms with Crippen LogP contribution in [-0.2, 0) is 28.2 Å². The van der Waals surface area contributed by atoms with Gasteiger partial charge >= 0.3 is 18.3 Å². The Kier molecular flexibility index (Phi) is 10.1. The van der Waals surface area contributed by atoms with Crippen LogP contribution >= 0.6 is 0 Å². The van der Waals surface area contributed by atoms with E-state index in [1.165, 1.54) is 0 Å². The van der Waals surface area contributed by atoms with Crippen molar-refractivity contribution in [2.24, 2.45) is 0 Å². The van der Waals surface area contributed by atoms with Crippen molar-refractivity contribution in [3.8, 4) is 11.1 Å². The first-order valence-corrected chi connectivity index (χ1v) is 13.5. The largest absolute Gasteiger partial charge is 0.463 e. The van der Waals surface area contributed by atoms with Crippen LogP contribution in [0.2, 0.25) is 0 Å². The molecule has 1 aliphatic heterocycles. The van der Waals surface area contributed by atoms with Gasteiger partial charge in [0.2, 0.25) is 0 Å². The van der Waals surface area contributed by atoms with E-state index in [2.05, 4.69) is 14.8 Å². The minimum atomic E-state index is -5.95. The summed E-state index contributed by atoms with van der Waals surface area (Å²) in [5, 5.41) is 18.6. The SMILES string of the molecule is O=C(C[C@H]1CN(Cc2ccncc2)CCN1Cc1ccc(-c2ccc(C(O)(C(F)(F)F)C(F)(F)F)cc2)cc1)OCCO. The zero-order valence-electron chi connectivity index (χ0n) is 23.0. The Morgan fingerprint density at radius 1 is 0.837 bits per heavy atom. The summed E-state index contributed by atoms with van der Waals surface area (Å²) < 4.78 is 84.3. The first-order chi connectivity index (χ1) is 20.3. The molecule has 0 saturated carbocycles. The number of pyridine rings is 1. The molecule has 3 aromatic rings. The van der Waals surface area contributed by atoms with Crippen LogP contribution in [0.25, 0.3) is 11.1 Å². The molecule has 232 valence electrons. The highest BCUT2D eigenvalue weighted by Crippen LogP contribution is 2.50. The average molecular weight is 612 g/mol. The zero-order valence-corrected chi connectivity index (χ0v) is 23.0. The number of rotatable bonds is 10. The summed E-state index contributed by atoms with van der Waals surface area (Å²) in [4.78, 5) is 20.8. The van der Waals surface area contributed by atoms with Crippen molar-refractivity contribution in [2.45, 2.75) is 43.5 Å². The van der Waals surface area contributed by atoms with Gasteiger partial charge in [0.05, 0.1) is 13.0 Å². The number of carbonyl (C=O) groups excluding carboxylic acids is 1. The molecular weight excluding hydrogens is 580 g/mol. The number of aliphatic hydroxyl groups is 2. The van der Waals surface area contributed by atoms with Crippen LogP contribution in [0.15, 0.2) is 73.1 Å². The topological polar surface area (TPSA) is 86.1 Å². The fourth-order valence-electron chi connectivity index (χ4n) is 5.09. The van der Waals surface area contributed by atoms with Crippen molar-refractivity contribution < 1.29 is 46.1 Å². The van der Waals surface area contributed by atoms with Gasteiger partial charge in [-0.15, -0.1) is 0 Å². The first kappa shape index (κ1) is 32.4. The molecule has 1 aromatic heterocycles. The maximum atomic E-state index is 13.2. The minimum absolute atomic E-state index is 0.0829. The van der Waals surface area contributed by atoms with E-state index in [4.69, 9.17) is 9.84 Å². The monoisotopic (exact) mass is 611 g/mol. The predicted molar refractivity (Wildman–Crippen MR) is 144 cm³/mol. The Morgan fingerprint density at radius 3 is 1.95 bits per heavy atom. The molecule has 1 atom stereocenters. The van der Waals surface area contributed by atoms with E-state index in [-0.39, 0.29) is 25.7 Å². The summed E-state index contributed by atoms with van der Waals surface area (Å²) in [6.45, 7) is 2.84. The molecule has 4 rings (SSSR count). The minimum Gasteiger partial charge on any atom is -0.463 e. The van der Waals surface area contributed by atoms with Crippen molar-refractivity contribution in [2.75, 3.05) is 32.8 Å². The highest BCUT2D eigenvalue weighted by molar-refractivity contribution is 5.70. The third kappa shape index (κ3) is 7.71. The van der Waals surface area contributed by atoms with Gasteiger partial charge in [0.25, 0.3) is 5.60 Å². The number of hydrogen-bond acceptors (Lipinski definition) is 7. The molecule has 7 nitrogen and oxygen atoms in total. The summed E-state index contributed by atoms with van der Waals surface area (Å²) in [5.41, 5.74) is -3.39. The summed E-state index contributed by atoms with van der Waals surface area (Å²) in [5.74, 6) is -0.420. The zero-order chi connectivity index (χ0) is 31.3. The lowest BCUT2D eigenvalue weighted by Crippen LogP contribution is -2.53. The number of aliphatic hydroxyl groups excluding tert-OH is 1. The number of alkyl halides is 6. The van der Waals surface area contributed by atoms with Gasteiger partial charge in [0.15, 0.2) is 0 Å². The van der Waals surface area contributed by atoms with Gasteiger partial charge in [-0.3, -0.25) is 19.6 Å². The molecule has 0 unspecified atom stereocenters. The van der Waals surface area contributed by atoms with E-state index in [9.17, 15) is 36.2 Å². The highest BCUT2D eigenvalue weighted by Gasteiger charge is 2.71. The van der Waals surface area contributed by atoms with E-state index >= 15 is 0 Å². The van der Waals surface area contributed by atoms with E-state index in [0.29, 0.717) is 49.4 Å². The maximum Gasteiger partial charge on any atom is 0.430 e. The van der Waals surface area contributed by atoms with Crippen LogP contribution < -0.4 is 0 Å². The number of carbonyl (C=O) groups is 1. The van der Waals surface area contributed by atoms with Gasteiger partial charge in [-0.05, 0) is 34.4 Å². The maximum absolute atomic E-state index is 13.2. The molecule has 1 saturated heterocycles. The van der Waals surface area contributed by atoms with Gasteiger partial charge < -0.3 is 14.9 Å². The number of esters is 1. The van der Waals surface area contributed by atoms with Gasteiger partial charge in [-0.25, -0.2) is 0 Å². The third-order valence-corrected chi connectivity index (χ3v) is 7.40. The number of nitrogens with zero attached hydrogens (tertiary/aromatic N) is 3. The summed E-state index contributed by atoms with van der Waals surface area (Å²) in [7, 11) is 0. The van der Waals surface area contributed by atoms with Crippen LogP contribution in [-0.4, -0.2) is 82.2 Å². The molecule has 2 N–H and O–H groups in total. The van der Waals surface area contributed by atoms with Crippen LogP contribution in [0, 0.1) is 0 Å². The molecule has 0 amide bonds. The normalized spacial score (nSPS) is 17.2. The Morgan fingerprint density at radius 2 is 1.40 bits per heavy atom. The lowest BCUT2D eigenvalue weighted by Gasteiger charge is -2.41. The molecule has 1 aliphatic rings. The standard InChI is InChI=1S/C30H31F6N3O4/c31-29(32,33)28(42,30(34,35)36)25-7-5-24(6-8-25)23-3-1-21(2-4-23)19-39-14-13-38(18-22-9-11-37-12-10-22)20-26(39)17-27(41)43-16-15-40/h1-12,26,40,42H,13-20H2/t26-/m0/s1. The number of benzene rings is 2. The van der Waals surface area contributed by atoms with Gasteiger partial charge in [-0.2, -0.15) is 26.3 Å². The molecule has 2 heterocycles. The number of aromatic nitrogens is 1. The quantitative estimate of drug-likeness (QED) is 0.255. The predicted octanol–water partition coefficient (Wildman–Crippen LogP) is 4.67. The number of piperazine rings is 1. The fourth-order valence-corrected chi connectivity index (χ4v) is 5.09. The van der Waals surface area contributed by atoms with Crippen molar-refractivity contribution in [3.63, 3.8) is 0 Å². The van der Waals surface area contributed by atoms with Crippen molar-refractivity contribution in [1.29, 1.82) is 0 Å². The highest BCUT2D eigenvalue weighted by atomic mass is 19.4. The second-order valence-electron chi connectivity index (χ2n) is 10.3. The van der Waals surface area contributed by atoms with Crippen LogP contribution in [0.5, 0.6) is 0 Å². The van der Waals surface area contributed by atoms with Crippen LogP contribution in [0.1, 0.15) is 23.1 Å². The van der Waals surface area contributed by atoms with Crippen molar-refractivity contribution in [1.82, 2.24) is 14.8 Å². The second-order valence-corrected chi connectivity index (χ2v) is 10.3. The van der Waals surface area contributed by atoms with Gasteiger partial charge in [0.1, 0.15) is 6.61 Å². The molecular formula is C30H31F6N3O4. The van der Waals surface area contributed by atoms with Gasteiger partial charge in [-0.1, -0.05) is 48.5 Å². The number of hydrogen-bond donors (Lipinski definition) is 2. The first-order valence-electron chi connectivity index (χ1n) is 13.5. The lowest BCUT2D eigenvalue weighted by atomic mass is 9.90. The smallest absolute Gasteiger partial charge is 0.430 e. The Bertz CT molecular complexity index is 1320. The van der Waals surface area contributed by atoms with Crippen LogP contribution in [0.4, 0.5) is 26.3 Å². The third-order valence-electron chi connectivity index (χ3n) is 7.40.